The quantitative estimate of drug-likeness (QED) is 0.236. The number of unbranched alkanes of at least 4 members (excludes halogenated alkanes) is 5. The number of rotatable bonds is 12. The maximum atomic E-state index is 12.0. The standard InChI is InChI=1S/C24H32O3/c1-2-3-4-10-17-22-18-11-12-19-23(22)27-24(25)26-20-13-6-9-16-21-14-7-5-8-15-21/h5,7-8,11-12,14-15,18-19H,2-4,6,9-10,13,16-17,20H2,1H3. The highest BCUT2D eigenvalue weighted by Crippen LogP contribution is 2.21. The zero-order valence-electron chi connectivity index (χ0n) is 16.5. The highest BCUT2D eigenvalue weighted by Gasteiger charge is 2.10. The van der Waals surface area contributed by atoms with Crippen molar-refractivity contribution in [2.45, 2.75) is 64.7 Å². The number of aryl methyl sites for hydroxylation is 2. The molecule has 0 aliphatic heterocycles. The van der Waals surface area contributed by atoms with E-state index in [2.05, 4.69) is 31.2 Å². The topological polar surface area (TPSA) is 35.5 Å². The smallest absolute Gasteiger partial charge is 0.434 e. The van der Waals surface area contributed by atoms with Crippen LogP contribution in [0.2, 0.25) is 0 Å². The monoisotopic (exact) mass is 368 g/mol. The molecule has 2 rings (SSSR count). The second kappa shape index (κ2) is 13.0. The molecule has 0 spiro atoms. The third kappa shape index (κ3) is 8.76. The van der Waals surface area contributed by atoms with E-state index in [4.69, 9.17) is 9.47 Å². The summed E-state index contributed by atoms with van der Waals surface area (Å²) in [5, 5.41) is 0. The summed E-state index contributed by atoms with van der Waals surface area (Å²) in [6.07, 6.45) is 9.19. The lowest BCUT2D eigenvalue weighted by Crippen LogP contribution is -2.12. The van der Waals surface area contributed by atoms with Crippen LogP contribution in [0, 0.1) is 0 Å². The molecule has 0 atom stereocenters. The van der Waals surface area contributed by atoms with Gasteiger partial charge in [-0.15, -0.1) is 0 Å². The van der Waals surface area contributed by atoms with Gasteiger partial charge in [0.25, 0.3) is 0 Å². The summed E-state index contributed by atoms with van der Waals surface area (Å²) >= 11 is 0. The van der Waals surface area contributed by atoms with Gasteiger partial charge in [0.2, 0.25) is 0 Å². The summed E-state index contributed by atoms with van der Waals surface area (Å²) < 4.78 is 10.7. The molecule has 2 aromatic rings. The Morgan fingerprint density at radius 2 is 1.48 bits per heavy atom. The van der Waals surface area contributed by atoms with Crippen molar-refractivity contribution < 1.29 is 14.3 Å². The fourth-order valence-electron chi connectivity index (χ4n) is 3.08. The summed E-state index contributed by atoms with van der Waals surface area (Å²) in [6.45, 7) is 2.61. The van der Waals surface area contributed by atoms with Gasteiger partial charge in [-0.05, 0) is 55.7 Å². The molecule has 0 amide bonds. The molecule has 3 heteroatoms. The van der Waals surface area contributed by atoms with Crippen LogP contribution in [0.4, 0.5) is 4.79 Å². The van der Waals surface area contributed by atoms with Gasteiger partial charge in [-0.3, -0.25) is 0 Å². The average Bonchev–Trinajstić information content (AvgIpc) is 2.70. The highest BCUT2D eigenvalue weighted by atomic mass is 16.7. The third-order valence-electron chi connectivity index (χ3n) is 4.64. The molecule has 0 aliphatic carbocycles. The van der Waals surface area contributed by atoms with Crippen molar-refractivity contribution in [3.8, 4) is 5.75 Å². The summed E-state index contributed by atoms with van der Waals surface area (Å²) in [5.74, 6) is 0.628. The maximum Gasteiger partial charge on any atom is 0.513 e. The second-order valence-corrected chi connectivity index (χ2v) is 6.92. The lowest BCUT2D eigenvalue weighted by Gasteiger charge is -2.10. The van der Waals surface area contributed by atoms with E-state index in [1.54, 1.807) is 0 Å². The Morgan fingerprint density at radius 1 is 0.778 bits per heavy atom. The minimum atomic E-state index is -0.598. The number of carbonyl (C=O) groups is 1. The molecule has 0 saturated heterocycles. The first kappa shape index (κ1) is 21.0. The average molecular weight is 369 g/mol. The van der Waals surface area contributed by atoms with Gasteiger partial charge >= 0.3 is 6.16 Å². The van der Waals surface area contributed by atoms with E-state index in [1.165, 1.54) is 24.8 Å². The van der Waals surface area contributed by atoms with Crippen LogP contribution in [0.3, 0.4) is 0 Å². The maximum absolute atomic E-state index is 12.0. The van der Waals surface area contributed by atoms with Gasteiger partial charge in [-0.1, -0.05) is 74.7 Å². The van der Waals surface area contributed by atoms with Crippen molar-refractivity contribution in [2.24, 2.45) is 0 Å². The van der Waals surface area contributed by atoms with Crippen LogP contribution in [0.5, 0.6) is 5.75 Å². The Balaban J connectivity index is 1.62. The van der Waals surface area contributed by atoms with Crippen LogP contribution in [0.15, 0.2) is 54.6 Å². The van der Waals surface area contributed by atoms with Gasteiger partial charge in [0.05, 0.1) is 6.61 Å². The van der Waals surface area contributed by atoms with Gasteiger partial charge < -0.3 is 9.47 Å². The molecule has 0 unspecified atom stereocenters. The molecule has 0 aliphatic rings. The van der Waals surface area contributed by atoms with Gasteiger partial charge in [0, 0.05) is 0 Å². The van der Waals surface area contributed by atoms with Crippen LogP contribution in [0.25, 0.3) is 0 Å². The summed E-state index contributed by atoms with van der Waals surface area (Å²) in [6, 6.07) is 18.2. The first-order valence-corrected chi connectivity index (χ1v) is 10.3. The molecule has 0 saturated carbocycles. The van der Waals surface area contributed by atoms with E-state index in [9.17, 15) is 4.79 Å². The molecule has 27 heavy (non-hydrogen) atoms. The van der Waals surface area contributed by atoms with Crippen molar-refractivity contribution in [1.29, 1.82) is 0 Å². The van der Waals surface area contributed by atoms with Crippen LogP contribution in [-0.4, -0.2) is 12.8 Å². The number of para-hydroxylation sites is 1. The normalized spacial score (nSPS) is 10.6. The van der Waals surface area contributed by atoms with Gasteiger partial charge in [0.15, 0.2) is 0 Å². The highest BCUT2D eigenvalue weighted by molar-refractivity contribution is 5.64. The van der Waals surface area contributed by atoms with Crippen molar-refractivity contribution >= 4 is 6.16 Å². The van der Waals surface area contributed by atoms with Crippen LogP contribution >= 0.6 is 0 Å². The minimum Gasteiger partial charge on any atom is -0.434 e. The van der Waals surface area contributed by atoms with Crippen molar-refractivity contribution in [3.05, 3.63) is 65.7 Å². The van der Waals surface area contributed by atoms with E-state index < -0.39 is 6.16 Å². The molecule has 2 aromatic carbocycles. The molecule has 0 N–H and O–H groups in total. The van der Waals surface area contributed by atoms with E-state index in [0.717, 1.165) is 44.1 Å². The van der Waals surface area contributed by atoms with Gasteiger partial charge in [0.1, 0.15) is 5.75 Å². The zero-order valence-corrected chi connectivity index (χ0v) is 16.5. The van der Waals surface area contributed by atoms with Crippen molar-refractivity contribution in [1.82, 2.24) is 0 Å². The van der Waals surface area contributed by atoms with E-state index in [1.807, 2.05) is 30.3 Å². The first-order chi connectivity index (χ1) is 13.3. The number of benzene rings is 2. The Kier molecular flexibility index (Phi) is 10.1. The van der Waals surface area contributed by atoms with Gasteiger partial charge in [-0.25, -0.2) is 4.79 Å². The largest absolute Gasteiger partial charge is 0.513 e. The molecule has 0 radical (unpaired) electrons. The second-order valence-electron chi connectivity index (χ2n) is 6.92. The molecule has 0 heterocycles. The predicted octanol–water partition coefficient (Wildman–Crippen LogP) is 6.74. The number of carbonyl (C=O) groups excluding carboxylic acids is 1. The number of hydrogen-bond acceptors (Lipinski definition) is 3. The fourth-order valence-corrected chi connectivity index (χ4v) is 3.08. The van der Waals surface area contributed by atoms with Crippen molar-refractivity contribution in [2.75, 3.05) is 6.61 Å². The molecule has 0 aromatic heterocycles. The Morgan fingerprint density at radius 3 is 2.30 bits per heavy atom. The van der Waals surface area contributed by atoms with E-state index >= 15 is 0 Å². The minimum absolute atomic E-state index is 0.409. The van der Waals surface area contributed by atoms with E-state index in [-0.39, 0.29) is 0 Å². The summed E-state index contributed by atoms with van der Waals surface area (Å²) in [7, 11) is 0. The Hall–Kier alpha value is -2.29. The number of hydrogen-bond donors (Lipinski definition) is 0. The zero-order chi connectivity index (χ0) is 19.2. The summed E-state index contributed by atoms with van der Waals surface area (Å²) in [4.78, 5) is 12.0. The number of ether oxygens (including phenoxy) is 2. The van der Waals surface area contributed by atoms with Crippen molar-refractivity contribution in [3.63, 3.8) is 0 Å². The molecule has 0 bridgehead atoms. The lowest BCUT2D eigenvalue weighted by molar-refractivity contribution is 0.0970. The molecular weight excluding hydrogens is 336 g/mol. The molecule has 146 valence electrons. The Bertz CT molecular complexity index is 652. The fraction of sp³-hybridized carbons (Fsp3) is 0.458. The first-order valence-electron chi connectivity index (χ1n) is 10.3. The SMILES string of the molecule is CCCCCCc1ccccc1OC(=O)OCCCCCc1ccccc1. The van der Waals surface area contributed by atoms with E-state index in [0.29, 0.717) is 12.4 Å². The lowest BCUT2D eigenvalue weighted by atomic mass is 10.1. The molecule has 0 fully saturated rings. The summed E-state index contributed by atoms with van der Waals surface area (Å²) in [5.41, 5.74) is 2.43. The van der Waals surface area contributed by atoms with Crippen LogP contribution in [-0.2, 0) is 17.6 Å². The Labute approximate surface area is 163 Å². The third-order valence-corrected chi connectivity index (χ3v) is 4.64. The molecule has 3 nitrogen and oxygen atoms in total. The van der Waals surface area contributed by atoms with Crippen LogP contribution < -0.4 is 4.74 Å². The molecular formula is C24H32O3. The predicted molar refractivity (Wildman–Crippen MR) is 110 cm³/mol. The van der Waals surface area contributed by atoms with Gasteiger partial charge in [-0.2, -0.15) is 0 Å². The van der Waals surface area contributed by atoms with Crippen LogP contribution in [0.1, 0.15) is 63.0 Å².